The molecule has 1 saturated heterocycles. The Kier molecular flexibility index (Phi) is 4.31. The van der Waals surface area contributed by atoms with Crippen LogP contribution in [-0.2, 0) is 18.4 Å². The van der Waals surface area contributed by atoms with Gasteiger partial charge in [-0.1, -0.05) is 18.6 Å². The van der Waals surface area contributed by atoms with Crippen LogP contribution in [0.3, 0.4) is 0 Å². The summed E-state index contributed by atoms with van der Waals surface area (Å²) < 4.78 is 2.18. The van der Waals surface area contributed by atoms with Gasteiger partial charge >= 0.3 is 0 Å². The van der Waals surface area contributed by atoms with Crippen molar-refractivity contribution in [1.29, 1.82) is 0 Å². The summed E-state index contributed by atoms with van der Waals surface area (Å²) in [7, 11) is 2.10. The number of hydrogen-bond donors (Lipinski definition) is 0. The van der Waals surface area contributed by atoms with Crippen molar-refractivity contribution in [3.8, 4) is 0 Å². The van der Waals surface area contributed by atoms with E-state index in [1.54, 1.807) is 0 Å². The maximum absolute atomic E-state index is 12.5. The molecule has 1 aromatic carbocycles. The Morgan fingerprint density at radius 1 is 1.08 bits per heavy atom. The number of nitrogens with zero attached hydrogens (tertiary/aromatic N) is 3. The molecule has 0 N–H and O–H groups in total. The van der Waals surface area contributed by atoms with Crippen molar-refractivity contribution in [3.63, 3.8) is 0 Å². The van der Waals surface area contributed by atoms with Crippen LogP contribution in [0.1, 0.15) is 31.2 Å². The van der Waals surface area contributed by atoms with E-state index in [0.29, 0.717) is 11.8 Å². The minimum absolute atomic E-state index is 0.330. The molecule has 2 aliphatic rings. The summed E-state index contributed by atoms with van der Waals surface area (Å²) in [6, 6.07) is 8.92. The minimum atomic E-state index is 0.330. The van der Waals surface area contributed by atoms with Crippen molar-refractivity contribution in [2.45, 2.75) is 32.2 Å². The Labute approximate surface area is 144 Å². The Balaban J connectivity index is 1.39. The molecule has 2 fully saturated rings. The van der Waals surface area contributed by atoms with Gasteiger partial charge in [0.05, 0.1) is 0 Å². The predicted octanol–water partition coefficient (Wildman–Crippen LogP) is 3.01. The van der Waals surface area contributed by atoms with Gasteiger partial charge in [-0.3, -0.25) is 9.69 Å². The summed E-state index contributed by atoms with van der Waals surface area (Å²) in [5, 5.41) is 1.30. The minimum Gasteiger partial charge on any atom is -0.351 e. The molecule has 1 aliphatic heterocycles. The molecule has 128 valence electrons. The van der Waals surface area contributed by atoms with E-state index < -0.39 is 0 Å². The zero-order valence-corrected chi connectivity index (χ0v) is 14.6. The maximum Gasteiger partial charge on any atom is 0.225 e. The van der Waals surface area contributed by atoms with Crippen LogP contribution in [0.25, 0.3) is 10.9 Å². The molecule has 0 radical (unpaired) electrons. The summed E-state index contributed by atoms with van der Waals surface area (Å²) >= 11 is 0. The number of amides is 1. The van der Waals surface area contributed by atoms with E-state index in [4.69, 9.17) is 0 Å². The summed E-state index contributed by atoms with van der Waals surface area (Å²) in [6.07, 6.45) is 6.65. The highest BCUT2D eigenvalue weighted by molar-refractivity contribution is 5.81. The summed E-state index contributed by atoms with van der Waals surface area (Å²) in [4.78, 5) is 17.1. The molecule has 0 atom stereocenters. The molecule has 4 nitrogen and oxygen atoms in total. The number of benzene rings is 1. The number of carbonyl (C=O) groups is 1. The molecule has 24 heavy (non-hydrogen) atoms. The van der Waals surface area contributed by atoms with Crippen molar-refractivity contribution in [2.75, 3.05) is 26.2 Å². The van der Waals surface area contributed by atoms with Crippen molar-refractivity contribution in [1.82, 2.24) is 14.4 Å². The molecule has 0 unspecified atom stereocenters. The summed E-state index contributed by atoms with van der Waals surface area (Å²) in [5.74, 6) is 0.740. The second-order valence-corrected chi connectivity index (χ2v) is 7.40. The molecular formula is C20H27N3O. The average Bonchev–Trinajstić information content (AvgIpc) is 2.75. The van der Waals surface area contributed by atoms with E-state index in [1.165, 1.54) is 22.9 Å². The van der Waals surface area contributed by atoms with E-state index in [9.17, 15) is 4.79 Å². The molecule has 4 heteroatoms. The topological polar surface area (TPSA) is 28.5 Å². The fourth-order valence-corrected chi connectivity index (χ4v) is 3.93. The number of carbonyl (C=O) groups excluding carboxylic acids is 1. The average molecular weight is 325 g/mol. The van der Waals surface area contributed by atoms with Gasteiger partial charge < -0.3 is 9.47 Å². The standard InChI is InChI=1S/C20H27N3O/c1-21-11-8-17-7-6-16(14-19(17)21)15-22-9-3-10-23(13-12-22)20(24)18-4-2-5-18/h6-8,11,14,18H,2-5,9-10,12-13,15H2,1H3. The van der Waals surface area contributed by atoms with Crippen LogP contribution in [0.4, 0.5) is 0 Å². The zero-order valence-electron chi connectivity index (χ0n) is 14.6. The highest BCUT2D eigenvalue weighted by Crippen LogP contribution is 2.28. The van der Waals surface area contributed by atoms with Gasteiger partial charge in [-0.15, -0.1) is 0 Å². The van der Waals surface area contributed by atoms with Gasteiger partial charge in [-0.25, -0.2) is 0 Å². The van der Waals surface area contributed by atoms with Crippen LogP contribution in [0.2, 0.25) is 0 Å². The third kappa shape index (κ3) is 3.07. The van der Waals surface area contributed by atoms with Gasteiger partial charge in [-0.2, -0.15) is 0 Å². The van der Waals surface area contributed by atoms with Gasteiger partial charge in [0.2, 0.25) is 5.91 Å². The Bertz CT molecular complexity index is 732. The quantitative estimate of drug-likeness (QED) is 0.868. The summed E-state index contributed by atoms with van der Waals surface area (Å²) in [5.41, 5.74) is 2.66. The molecule has 0 bridgehead atoms. The lowest BCUT2D eigenvalue weighted by atomic mass is 9.84. The van der Waals surface area contributed by atoms with E-state index in [2.05, 4.69) is 51.9 Å². The molecule has 2 aromatic rings. The Morgan fingerprint density at radius 3 is 2.75 bits per heavy atom. The molecular weight excluding hydrogens is 298 g/mol. The lowest BCUT2D eigenvalue weighted by Gasteiger charge is -2.31. The van der Waals surface area contributed by atoms with Gasteiger partial charge in [-0.05, 0) is 42.3 Å². The third-order valence-electron chi connectivity index (χ3n) is 5.71. The van der Waals surface area contributed by atoms with Gasteiger partial charge in [0.1, 0.15) is 0 Å². The van der Waals surface area contributed by atoms with Crippen LogP contribution >= 0.6 is 0 Å². The first-order valence-electron chi connectivity index (χ1n) is 9.26. The number of aryl methyl sites for hydroxylation is 1. The lowest BCUT2D eigenvalue weighted by molar-refractivity contribution is -0.138. The number of fused-ring (bicyclic) bond motifs is 1. The summed E-state index contributed by atoms with van der Waals surface area (Å²) in [6.45, 7) is 4.88. The van der Waals surface area contributed by atoms with Gasteiger partial charge in [0.15, 0.2) is 0 Å². The zero-order chi connectivity index (χ0) is 16.5. The van der Waals surface area contributed by atoms with Gasteiger partial charge in [0, 0.05) is 57.4 Å². The van der Waals surface area contributed by atoms with Crippen LogP contribution in [0.15, 0.2) is 30.5 Å². The molecule has 1 aliphatic carbocycles. The molecule has 1 aromatic heterocycles. The number of hydrogen-bond acceptors (Lipinski definition) is 2. The smallest absolute Gasteiger partial charge is 0.225 e. The van der Waals surface area contributed by atoms with Crippen molar-refractivity contribution in [2.24, 2.45) is 13.0 Å². The lowest BCUT2D eigenvalue weighted by Crippen LogP contribution is -2.41. The first-order valence-corrected chi connectivity index (χ1v) is 9.26. The van der Waals surface area contributed by atoms with E-state index in [-0.39, 0.29) is 0 Å². The van der Waals surface area contributed by atoms with Crippen molar-refractivity contribution >= 4 is 16.8 Å². The van der Waals surface area contributed by atoms with Crippen LogP contribution in [0.5, 0.6) is 0 Å². The fourth-order valence-electron chi connectivity index (χ4n) is 3.93. The SMILES string of the molecule is Cn1ccc2ccc(CN3CCCN(C(=O)C4CCC4)CC3)cc21. The fraction of sp³-hybridized carbons (Fsp3) is 0.550. The first-order chi connectivity index (χ1) is 11.7. The molecule has 1 saturated carbocycles. The number of aromatic nitrogens is 1. The van der Waals surface area contributed by atoms with E-state index in [0.717, 1.165) is 52.0 Å². The maximum atomic E-state index is 12.5. The highest BCUT2D eigenvalue weighted by atomic mass is 16.2. The molecule has 1 amide bonds. The Hall–Kier alpha value is -1.81. The van der Waals surface area contributed by atoms with Gasteiger partial charge in [0.25, 0.3) is 0 Å². The van der Waals surface area contributed by atoms with Crippen LogP contribution < -0.4 is 0 Å². The third-order valence-corrected chi connectivity index (χ3v) is 5.71. The van der Waals surface area contributed by atoms with Crippen LogP contribution in [-0.4, -0.2) is 46.5 Å². The predicted molar refractivity (Wildman–Crippen MR) is 96.7 cm³/mol. The van der Waals surface area contributed by atoms with Crippen molar-refractivity contribution < 1.29 is 4.79 Å². The second kappa shape index (κ2) is 6.60. The number of rotatable bonds is 3. The molecule has 4 rings (SSSR count). The van der Waals surface area contributed by atoms with Crippen LogP contribution in [0, 0.1) is 5.92 Å². The highest BCUT2D eigenvalue weighted by Gasteiger charge is 2.30. The second-order valence-electron chi connectivity index (χ2n) is 7.40. The monoisotopic (exact) mass is 325 g/mol. The molecule has 0 spiro atoms. The largest absolute Gasteiger partial charge is 0.351 e. The first kappa shape index (κ1) is 15.7. The van der Waals surface area contributed by atoms with Crippen molar-refractivity contribution in [3.05, 3.63) is 36.0 Å². The normalized spacial score (nSPS) is 20.1. The Morgan fingerprint density at radius 2 is 1.96 bits per heavy atom. The van der Waals surface area contributed by atoms with E-state index >= 15 is 0 Å². The molecule has 2 heterocycles. The van der Waals surface area contributed by atoms with E-state index in [1.807, 2.05) is 0 Å².